The van der Waals surface area contributed by atoms with Crippen LogP contribution in [0.25, 0.3) is 21.7 Å². The molecule has 4 aromatic rings. The predicted octanol–water partition coefficient (Wildman–Crippen LogP) is 4.76. The van der Waals surface area contributed by atoms with Crippen molar-refractivity contribution in [3.05, 3.63) is 66.9 Å². The summed E-state index contributed by atoms with van der Waals surface area (Å²) in [6.45, 7) is 0. The summed E-state index contributed by atoms with van der Waals surface area (Å²) in [5.41, 5.74) is 1.16. The minimum Gasteiger partial charge on any atom is -0.506 e. The molecule has 8 heteroatoms. The fourth-order valence-electron chi connectivity index (χ4n) is 2.92. The number of benzene rings is 3. The van der Waals surface area contributed by atoms with Crippen LogP contribution in [0.1, 0.15) is 0 Å². The monoisotopic (exact) mass is 379 g/mol. The Labute approximate surface area is 154 Å². The highest BCUT2D eigenvalue weighted by Crippen LogP contribution is 2.35. The summed E-state index contributed by atoms with van der Waals surface area (Å²) < 4.78 is 33.0. The van der Waals surface area contributed by atoms with Crippen LogP contribution in [0, 0.1) is 0 Å². The van der Waals surface area contributed by atoms with Gasteiger partial charge in [-0.3, -0.25) is 9.54 Å². The van der Waals surface area contributed by atoms with Crippen molar-refractivity contribution in [1.82, 2.24) is 4.98 Å². The zero-order valence-corrected chi connectivity index (χ0v) is 14.6. The number of hydrogen-bond donors (Lipinski definition) is 2. The Balaban J connectivity index is 1.92. The van der Waals surface area contributed by atoms with Crippen LogP contribution >= 0.6 is 0 Å². The van der Waals surface area contributed by atoms with Gasteiger partial charge in [-0.1, -0.05) is 24.3 Å². The van der Waals surface area contributed by atoms with Crippen LogP contribution in [0.15, 0.2) is 82.0 Å². The molecule has 1 heterocycles. The van der Waals surface area contributed by atoms with Crippen LogP contribution in [0.2, 0.25) is 0 Å². The van der Waals surface area contributed by atoms with E-state index >= 15 is 0 Å². The molecule has 0 amide bonds. The van der Waals surface area contributed by atoms with Crippen molar-refractivity contribution < 1.29 is 18.1 Å². The predicted molar refractivity (Wildman–Crippen MR) is 101 cm³/mol. The maximum Gasteiger partial charge on any atom is 0.295 e. The fraction of sp³-hybridized carbons (Fsp3) is 0. The van der Waals surface area contributed by atoms with Crippen molar-refractivity contribution in [2.24, 2.45) is 10.2 Å². The van der Waals surface area contributed by atoms with Gasteiger partial charge in [0.15, 0.2) is 0 Å². The molecule has 0 aliphatic rings. The van der Waals surface area contributed by atoms with Gasteiger partial charge < -0.3 is 5.11 Å². The Bertz CT molecular complexity index is 1310. The lowest BCUT2D eigenvalue weighted by Crippen LogP contribution is -1.98. The molecule has 7 nitrogen and oxygen atoms in total. The van der Waals surface area contributed by atoms with Gasteiger partial charge in [-0.15, -0.1) is 10.2 Å². The number of phenolic OH excluding ortho intramolecular Hbond substituents is 1. The number of nitrogens with zero attached hydrogens (tertiary/aromatic N) is 3. The number of aromatic nitrogens is 1. The number of pyridine rings is 1. The van der Waals surface area contributed by atoms with Gasteiger partial charge in [-0.2, -0.15) is 8.42 Å². The highest BCUT2D eigenvalue weighted by Gasteiger charge is 2.16. The number of hydrogen-bond acceptors (Lipinski definition) is 6. The van der Waals surface area contributed by atoms with E-state index in [0.717, 1.165) is 0 Å². The number of fused-ring (bicyclic) bond motifs is 2. The summed E-state index contributed by atoms with van der Waals surface area (Å²) in [7, 11) is -4.42. The molecule has 134 valence electrons. The molecular formula is C19H13N3O4S. The van der Waals surface area contributed by atoms with Crippen LogP contribution in [-0.2, 0) is 10.1 Å². The largest absolute Gasteiger partial charge is 0.506 e. The van der Waals surface area contributed by atoms with Crippen LogP contribution in [0.3, 0.4) is 0 Å². The smallest absolute Gasteiger partial charge is 0.295 e. The normalized spacial score (nSPS) is 12.2. The van der Waals surface area contributed by atoms with E-state index in [1.807, 2.05) is 0 Å². The lowest BCUT2D eigenvalue weighted by molar-refractivity contribution is 0.480. The molecule has 0 aliphatic heterocycles. The van der Waals surface area contributed by atoms with Gasteiger partial charge in [0.2, 0.25) is 0 Å². The van der Waals surface area contributed by atoms with E-state index in [-0.39, 0.29) is 16.0 Å². The van der Waals surface area contributed by atoms with Crippen LogP contribution in [0.5, 0.6) is 5.75 Å². The minimum absolute atomic E-state index is 0.0309. The maximum atomic E-state index is 11.7. The number of azo groups is 1. The molecule has 1 aromatic heterocycles. The van der Waals surface area contributed by atoms with Crippen LogP contribution < -0.4 is 0 Å². The van der Waals surface area contributed by atoms with E-state index in [4.69, 9.17) is 0 Å². The zero-order chi connectivity index (χ0) is 19.0. The van der Waals surface area contributed by atoms with Crippen molar-refractivity contribution in [1.29, 1.82) is 0 Å². The number of rotatable bonds is 3. The average molecular weight is 379 g/mol. The number of phenols is 1. The molecule has 0 spiro atoms. The summed E-state index contributed by atoms with van der Waals surface area (Å²) in [6.07, 6.45) is 1.56. The first-order valence-electron chi connectivity index (χ1n) is 7.93. The highest BCUT2D eigenvalue weighted by atomic mass is 32.2. The van der Waals surface area contributed by atoms with Crippen molar-refractivity contribution >= 4 is 43.2 Å². The Kier molecular flexibility index (Phi) is 4.06. The lowest BCUT2D eigenvalue weighted by Gasteiger charge is -2.06. The second-order valence-corrected chi connectivity index (χ2v) is 7.20. The van der Waals surface area contributed by atoms with E-state index in [0.29, 0.717) is 27.7 Å². The highest BCUT2D eigenvalue weighted by molar-refractivity contribution is 7.86. The molecule has 0 bridgehead atoms. The molecule has 27 heavy (non-hydrogen) atoms. The fourth-order valence-corrected chi connectivity index (χ4v) is 3.65. The standard InChI is InChI=1S/C19H13N3O4S/c23-16-10-9-14(13-6-3-11-20-19(13)16)21-22-15-7-1-4-12-5-2-8-17(18(12)15)27(24,25)26/h1-11,23H,(H,24,25,26). The molecule has 4 rings (SSSR count). The molecule has 0 saturated carbocycles. The van der Waals surface area contributed by atoms with Gasteiger partial charge in [0.05, 0.1) is 11.4 Å². The third kappa shape index (κ3) is 3.12. The van der Waals surface area contributed by atoms with Crippen molar-refractivity contribution in [2.45, 2.75) is 4.90 Å². The first-order chi connectivity index (χ1) is 12.9. The maximum absolute atomic E-state index is 11.7. The third-order valence-electron chi connectivity index (χ3n) is 4.11. The van der Waals surface area contributed by atoms with Gasteiger partial charge in [-0.25, -0.2) is 0 Å². The second-order valence-electron chi connectivity index (χ2n) is 5.81. The molecule has 3 aromatic carbocycles. The molecular weight excluding hydrogens is 366 g/mol. The van der Waals surface area contributed by atoms with Gasteiger partial charge in [-0.05, 0) is 41.8 Å². The van der Waals surface area contributed by atoms with Crippen molar-refractivity contribution in [3.8, 4) is 5.75 Å². The van der Waals surface area contributed by atoms with E-state index in [9.17, 15) is 18.1 Å². The van der Waals surface area contributed by atoms with E-state index < -0.39 is 10.1 Å². The summed E-state index contributed by atoms with van der Waals surface area (Å²) in [4.78, 5) is 3.90. The minimum atomic E-state index is -4.42. The van der Waals surface area contributed by atoms with Gasteiger partial charge in [0.1, 0.15) is 16.2 Å². The molecule has 0 atom stereocenters. The Morgan fingerprint density at radius 1 is 0.852 bits per heavy atom. The number of aromatic hydroxyl groups is 1. The SMILES string of the molecule is O=S(=O)(O)c1cccc2cccc(N=Nc3ccc(O)c4ncccc34)c12. The quantitative estimate of drug-likeness (QED) is 0.394. The van der Waals surface area contributed by atoms with Crippen LogP contribution in [-0.4, -0.2) is 23.1 Å². The van der Waals surface area contributed by atoms with E-state index in [2.05, 4.69) is 15.2 Å². The van der Waals surface area contributed by atoms with Crippen molar-refractivity contribution in [2.75, 3.05) is 0 Å². The van der Waals surface area contributed by atoms with Crippen molar-refractivity contribution in [3.63, 3.8) is 0 Å². The molecule has 0 unspecified atom stereocenters. The third-order valence-corrected chi connectivity index (χ3v) is 5.01. The first-order valence-corrected chi connectivity index (χ1v) is 9.37. The summed E-state index contributed by atoms with van der Waals surface area (Å²) in [5.74, 6) is 0.0309. The van der Waals surface area contributed by atoms with Gasteiger partial charge in [0.25, 0.3) is 10.1 Å². The molecule has 2 N–H and O–H groups in total. The molecule has 0 saturated heterocycles. The first kappa shape index (κ1) is 17.1. The van der Waals surface area contributed by atoms with Gasteiger partial charge in [0, 0.05) is 17.0 Å². The molecule has 0 radical (unpaired) electrons. The summed E-state index contributed by atoms with van der Waals surface area (Å²) in [5, 5.41) is 19.8. The van der Waals surface area contributed by atoms with E-state index in [1.165, 1.54) is 12.1 Å². The Morgan fingerprint density at radius 3 is 2.37 bits per heavy atom. The zero-order valence-electron chi connectivity index (χ0n) is 13.8. The van der Waals surface area contributed by atoms with Gasteiger partial charge >= 0.3 is 0 Å². The summed E-state index contributed by atoms with van der Waals surface area (Å²) in [6, 6.07) is 16.2. The average Bonchev–Trinajstić information content (AvgIpc) is 2.66. The Hall–Kier alpha value is -3.36. The van der Waals surface area contributed by atoms with Crippen LogP contribution in [0.4, 0.5) is 11.4 Å². The second kappa shape index (κ2) is 6.42. The molecule has 0 fully saturated rings. The molecule has 0 aliphatic carbocycles. The van der Waals surface area contributed by atoms with E-state index in [1.54, 1.807) is 54.7 Å². The summed E-state index contributed by atoms with van der Waals surface area (Å²) >= 11 is 0. The lowest BCUT2D eigenvalue weighted by atomic mass is 10.1. The topological polar surface area (TPSA) is 112 Å². The Morgan fingerprint density at radius 2 is 1.59 bits per heavy atom.